The number of hydrogen-bond donors (Lipinski definition) is 1. The molecular formula is C13H5Br2F3IN3O4. The van der Waals surface area contributed by atoms with E-state index in [-0.39, 0.29) is 11.8 Å². The van der Waals surface area contributed by atoms with Crippen molar-refractivity contribution in [1.82, 2.24) is 0 Å². The second-order valence-electron chi connectivity index (χ2n) is 4.77. The van der Waals surface area contributed by atoms with E-state index in [0.29, 0.717) is 15.0 Å². The standard InChI is InChI=1S/C13H5Br2F3IN3O4/c14-7-4-10(8(15)3-9(7)19)20-12-6(13(16,17)18)1-5(21(23)24)2-11(12)22(25)26/h1-4,20H. The van der Waals surface area contributed by atoms with E-state index in [4.69, 9.17) is 0 Å². The van der Waals surface area contributed by atoms with Crippen LogP contribution < -0.4 is 5.32 Å². The van der Waals surface area contributed by atoms with Crippen LogP contribution in [0.2, 0.25) is 0 Å². The normalized spacial score (nSPS) is 11.3. The molecule has 0 aliphatic heterocycles. The summed E-state index contributed by atoms with van der Waals surface area (Å²) in [5, 5.41) is 24.4. The minimum atomic E-state index is -5.05. The number of nitro benzene ring substituents is 2. The highest BCUT2D eigenvalue weighted by Gasteiger charge is 2.39. The van der Waals surface area contributed by atoms with Crippen molar-refractivity contribution in [2.75, 3.05) is 5.32 Å². The number of halogens is 6. The molecule has 13 heteroatoms. The lowest BCUT2D eigenvalue weighted by Crippen LogP contribution is -2.12. The minimum absolute atomic E-state index is 0.111. The van der Waals surface area contributed by atoms with Crippen molar-refractivity contribution >= 4 is 77.2 Å². The van der Waals surface area contributed by atoms with Crippen molar-refractivity contribution in [1.29, 1.82) is 0 Å². The topological polar surface area (TPSA) is 98.3 Å². The lowest BCUT2D eigenvalue weighted by atomic mass is 10.1. The highest BCUT2D eigenvalue weighted by Crippen LogP contribution is 2.45. The summed E-state index contributed by atoms with van der Waals surface area (Å²) in [6.07, 6.45) is -5.05. The van der Waals surface area contributed by atoms with E-state index in [9.17, 15) is 33.4 Å². The Morgan fingerprint density at radius 1 is 1.00 bits per heavy atom. The summed E-state index contributed by atoms with van der Waals surface area (Å²) >= 11 is 8.36. The monoisotopic (exact) mass is 609 g/mol. The first-order valence-electron chi connectivity index (χ1n) is 6.37. The molecule has 0 spiro atoms. The maximum atomic E-state index is 13.4. The van der Waals surface area contributed by atoms with E-state index in [1.807, 2.05) is 22.6 Å². The fourth-order valence-corrected chi connectivity index (χ4v) is 3.65. The molecule has 138 valence electrons. The first-order valence-corrected chi connectivity index (χ1v) is 9.04. The average molecular weight is 611 g/mol. The van der Waals surface area contributed by atoms with Gasteiger partial charge in [0.1, 0.15) is 5.69 Å². The van der Waals surface area contributed by atoms with Gasteiger partial charge >= 0.3 is 6.18 Å². The number of nitrogens with zero attached hydrogens (tertiary/aromatic N) is 2. The number of anilines is 2. The number of hydrogen-bond acceptors (Lipinski definition) is 5. The van der Waals surface area contributed by atoms with E-state index in [2.05, 4.69) is 37.2 Å². The van der Waals surface area contributed by atoms with Gasteiger partial charge in [0.25, 0.3) is 11.4 Å². The number of nitrogens with one attached hydrogen (secondary N) is 1. The van der Waals surface area contributed by atoms with Crippen LogP contribution in [0.25, 0.3) is 0 Å². The van der Waals surface area contributed by atoms with E-state index >= 15 is 0 Å². The maximum absolute atomic E-state index is 13.4. The highest BCUT2D eigenvalue weighted by molar-refractivity contribution is 14.1. The molecule has 26 heavy (non-hydrogen) atoms. The molecule has 0 unspecified atom stereocenters. The third kappa shape index (κ3) is 4.43. The van der Waals surface area contributed by atoms with Crippen LogP contribution >= 0.6 is 54.5 Å². The van der Waals surface area contributed by atoms with Crippen LogP contribution in [0, 0.1) is 23.8 Å². The molecule has 0 fully saturated rings. The maximum Gasteiger partial charge on any atom is 0.418 e. The third-order valence-electron chi connectivity index (χ3n) is 3.08. The van der Waals surface area contributed by atoms with Gasteiger partial charge in [0, 0.05) is 18.6 Å². The molecule has 0 aromatic heterocycles. The van der Waals surface area contributed by atoms with Gasteiger partial charge in [0.15, 0.2) is 0 Å². The second kappa shape index (κ2) is 7.64. The molecule has 0 atom stereocenters. The molecule has 0 saturated carbocycles. The van der Waals surface area contributed by atoms with Crippen molar-refractivity contribution in [3.63, 3.8) is 0 Å². The van der Waals surface area contributed by atoms with Crippen LogP contribution in [0.3, 0.4) is 0 Å². The molecule has 0 saturated heterocycles. The minimum Gasteiger partial charge on any atom is -0.348 e. The Kier molecular flexibility index (Phi) is 6.12. The quantitative estimate of drug-likeness (QED) is 0.187. The van der Waals surface area contributed by atoms with Crippen LogP contribution in [0.4, 0.5) is 35.9 Å². The van der Waals surface area contributed by atoms with Gasteiger partial charge in [-0.1, -0.05) is 0 Å². The molecule has 0 bridgehead atoms. The summed E-state index contributed by atoms with van der Waals surface area (Å²) in [5.41, 5.74) is -4.38. The molecule has 2 rings (SSSR count). The van der Waals surface area contributed by atoms with Crippen molar-refractivity contribution in [2.24, 2.45) is 0 Å². The molecule has 2 aromatic carbocycles. The number of alkyl halides is 3. The zero-order valence-electron chi connectivity index (χ0n) is 12.1. The fourth-order valence-electron chi connectivity index (χ4n) is 1.97. The van der Waals surface area contributed by atoms with E-state index in [1.54, 1.807) is 6.07 Å². The van der Waals surface area contributed by atoms with Crippen LogP contribution in [0.1, 0.15) is 5.56 Å². The molecule has 0 amide bonds. The Bertz CT molecular complexity index is 924. The Morgan fingerprint density at radius 3 is 2.12 bits per heavy atom. The van der Waals surface area contributed by atoms with Crippen LogP contribution in [0.15, 0.2) is 33.2 Å². The van der Waals surface area contributed by atoms with Gasteiger partial charge in [-0.3, -0.25) is 20.2 Å². The van der Waals surface area contributed by atoms with Gasteiger partial charge in [-0.15, -0.1) is 0 Å². The van der Waals surface area contributed by atoms with Crippen LogP contribution in [-0.4, -0.2) is 9.85 Å². The summed E-state index contributed by atoms with van der Waals surface area (Å²) in [5.74, 6) is 0. The Labute approximate surface area is 173 Å². The second-order valence-corrected chi connectivity index (χ2v) is 7.64. The SMILES string of the molecule is O=[N+]([O-])c1cc([N+](=O)[O-])c(Nc2cc(Br)c(I)cc2Br)c(C(F)(F)F)c1. The summed E-state index contributed by atoms with van der Waals surface area (Å²) in [7, 11) is 0. The van der Waals surface area contributed by atoms with Crippen LogP contribution in [0.5, 0.6) is 0 Å². The van der Waals surface area contributed by atoms with Gasteiger partial charge in [-0.2, -0.15) is 13.2 Å². The summed E-state index contributed by atoms with van der Waals surface area (Å²) in [6, 6.07) is 3.74. The van der Waals surface area contributed by atoms with Gasteiger partial charge in [0.2, 0.25) is 0 Å². The van der Waals surface area contributed by atoms with Crippen molar-refractivity contribution in [3.05, 3.63) is 62.6 Å². The van der Waals surface area contributed by atoms with Gasteiger partial charge in [0.05, 0.1) is 27.2 Å². The zero-order chi connectivity index (χ0) is 19.8. The first-order chi connectivity index (χ1) is 11.9. The average Bonchev–Trinajstić information content (AvgIpc) is 2.50. The van der Waals surface area contributed by atoms with E-state index in [1.165, 1.54) is 6.07 Å². The van der Waals surface area contributed by atoms with Gasteiger partial charge in [-0.25, -0.2) is 0 Å². The molecule has 0 aliphatic rings. The lowest BCUT2D eigenvalue weighted by Gasteiger charge is -2.16. The zero-order valence-corrected chi connectivity index (χ0v) is 17.4. The molecule has 1 N–H and O–H groups in total. The van der Waals surface area contributed by atoms with E-state index in [0.717, 1.165) is 3.57 Å². The molecular weight excluding hydrogens is 606 g/mol. The third-order valence-corrected chi connectivity index (χ3v) is 6.03. The smallest absolute Gasteiger partial charge is 0.348 e. The van der Waals surface area contributed by atoms with Crippen molar-refractivity contribution in [3.8, 4) is 0 Å². The highest BCUT2D eigenvalue weighted by atomic mass is 127. The van der Waals surface area contributed by atoms with Crippen LogP contribution in [-0.2, 0) is 6.18 Å². The Morgan fingerprint density at radius 2 is 1.62 bits per heavy atom. The largest absolute Gasteiger partial charge is 0.418 e. The molecule has 0 heterocycles. The first kappa shape index (κ1) is 20.8. The summed E-state index contributed by atoms with van der Waals surface area (Å²) in [6.45, 7) is 0. The number of rotatable bonds is 4. The molecule has 0 radical (unpaired) electrons. The van der Waals surface area contributed by atoms with Gasteiger partial charge in [-0.05, 0) is 66.6 Å². The summed E-state index contributed by atoms with van der Waals surface area (Å²) < 4.78 is 41.8. The molecule has 2 aromatic rings. The fraction of sp³-hybridized carbons (Fsp3) is 0.0769. The van der Waals surface area contributed by atoms with Crippen molar-refractivity contribution in [2.45, 2.75) is 6.18 Å². The van der Waals surface area contributed by atoms with E-state index < -0.39 is 38.6 Å². The Balaban J connectivity index is 2.76. The predicted molar refractivity (Wildman–Crippen MR) is 103 cm³/mol. The number of nitro groups is 2. The molecule has 7 nitrogen and oxygen atoms in total. The Hall–Kier alpha value is -1.48. The summed E-state index contributed by atoms with van der Waals surface area (Å²) in [4.78, 5) is 19.8. The van der Waals surface area contributed by atoms with Gasteiger partial charge < -0.3 is 5.32 Å². The predicted octanol–water partition coefficient (Wildman–Crippen LogP) is 6.40. The number of non-ortho nitro benzene ring substituents is 1. The lowest BCUT2D eigenvalue weighted by molar-refractivity contribution is -0.394. The molecule has 0 aliphatic carbocycles. The van der Waals surface area contributed by atoms with Crippen molar-refractivity contribution < 1.29 is 23.0 Å². The number of benzene rings is 2.